The molecule has 2 fully saturated rings. The Morgan fingerprint density at radius 3 is 2.59 bits per heavy atom. The summed E-state index contributed by atoms with van der Waals surface area (Å²) in [6, 6.07) is 13.4. The van der Waals surface area contributed by atoms with Gasteiger partial charge in [0.15, 0.2) is 5.84 Å². The zero-order valence-electron chi connectivity index (χ0n) is 20.0. The van der Waals surface area contributed by atoms with E-state index < -0.39 is 26.0 Å². The van der Waals surface area contributed by atoms with E-state index in [-0.39, 0.29) is 57.2 Å². The third-order valence-electron chi connectivity index (χ3n) is 7.74. The summed E-state index contributed by atoms with van der Waals surface area (Å²) >= 11 is 0. The minimum absolute atomic E-state index is 0.0694. The Balaban J connectivity index is 1.42. The number of hydrogen-bond acceptors (Lipinski definition) is 7. The zero-order chi connectivity index (χ0) is 26.1. The maximum absolute atomic E-state index is 13.9. The molecular weight excluding hydrogens is 516 g/mol. The van der Waals surface area contributed by atoms with Gasteiger partial charge < -0.3 is 15.3 Å². The van der Waals surface area contributed by atoms with Crippen molar-refractivity contribution in [2.24, 2.45) is 22.2 Å². The lowest BCUT2D eigenvalue weighted by molar-refractivity contribution is -0.134. The molecule has 2 saturated carbocycles. The second-order valence-corrected chi connectivity index (χ2v) is 13.5. The van der Waals surface area contributed by atoms with Gasteiger partial charge in [0.05, 0.1) is 11.9 Å². The summed E-state index contributed by atoms with van der Waals surface area (Å²) in [5.41, 5.74) is 1.03. The molecule has 0 radical (unpaired) electrons. The van der Waals surface area contributed by atoms with Crippen molar-refractivity contribution in [2.75, 3.05) is 16.3 Å². The van der Waals surface area contributed by atoms with E-state index in [0.29, 0.717) is 6.54 Å². The Morgan fingerprint density at radius 2 is 1.86 bits per heavy atom. The van der Waals surface area contributed by atoms with Gasteiger partial charge in [-0.2, -0.15) is 8.42 Å². The van der Waals surface area contributed by atoms with E-state index in [1.807, 2.05) is 30.3 Å². The van der Waals surface area contributed by atoms with Gasteiger partial charge in [0.1, 0.15) is 16.2 Å². The average Bonchev–Trinajstić information content (AvgIpc) is 3.44. The molecule has 2 bridgehead atoms. The highest BCUT2D eigenvalue weighted by Gasteiger charge is 2.57. The zero-order valence-corrected chi connectivity index (χ0v) is 21.6. The summed E-state index contributed by atoms with van der Waals surface area (Å²) in [5.74, 6) is -0.558. The van der Waals surface area contributed by atoms with Crippen LogP contribution in [0.5, 0.6) is 0 Å². The van der Waals surface area contributed by atoms with Crippen molar-refractivity contribution in [3.05, 3.63) is 65.4 Å². The molecule has 2 heterocycles. The molecule has 0 saturated heterocycles. The van der Waals surface area contributed by atoms with Gasteiger partial charge in [0.25, 0.3) is 15.9 Å². The standard InChI is InChI=1S/C25H26N4O6S2/c1-36(32,33)27-17-9-10-18-19(12-17)37(34,35)28-24(26-18)21-23(30)20-15-7-8-16(11-15)22(20)29(25(21)31)13-14-5-3-2-4-6-14/h2-6,9-10,12,15-16,20,22,27,30H,7-8,11,13H2,1H3,(H,26,28)/t15-,16-,20-,22+/m1/s1. The van der Waals surface area contributed by atoms with E-state index in [2.05, 4.69) is 14.4 Å². The van der Waals surface area contributed by atoms with Crippen LogP contribution in [0.25, 0.3) is 0 Å². The molecule has 194 valence electrons. The van der Waals surface area contributed by atoms with Crippen LogP contribution < -0.4 is 10.0 Å². The summed E-state index contributed by atoms with van der Waals surface area (Å²) in [7, 11) is -7.92. The van der Waals surface area contributed by atoms with Crippen LogP contribution in [0.3, 0.4) is 0 Å². The molecule has 10 nitrogen and oxygen atoms in total. The van der Waals surface area contributed by atoms with Crippen molar-refractivity contribution in [1.82, 2.24) is 4.90 Å². The first-order valence-corrected chi connectivity index (χ1v) is 15.4. The summed E-state index contributed by atoms with van der Waals surface area (Å²) in [5, 5.41) is 14.3. The molecule has 0 aromatic heterocycles. The number of amides is 1. The predicted molar refractivity (Wildman–Crippen MR) is 138 cm³/mol. The highest BCUT2D eigenvalue weighted by molar-refractivity contribution is 7.92. The lowest BCUT2D eigenvalue weighted by Gasteiger charge is -2.44. The van der Waals surface area contributed by atoms with Gasteiger partial charge in [-0.1, -0.05) is 30.3 Å². The quantitative estimate of drug-likeness (QED) is 0.527. The number of anilines is 2. The van der Waals surface area contributed by atoms with Crippen molar-refractivity contribution in [1.29, 1.82) is 0 Å². The fraction of sp³-hybridized carbons (Fsp3) is 0.360. The Kier molecular flexibility index (Phi) is 5.39. The van der Waals surface area contributed by atoms with Crippen LogP contribution in [0.2, 0.25) is 0 Å². The third-order valence-corrected chi connectivity index (χ3v) is 9.66. The number of nitrogens with zero attached hydrogens (tertiary/aromatic N) is 2. The number of benzene rings is 2. The topological polar surface area (TPSA) is 145 Å². The van der Waals surface area contributed by atoms with E-state index in [9.17, 15) is 26.7 Å². The highest BCUT2D eigenvalue weighted by atomic mass is 32.2. The lowest BCUT2D eigenvalue weighted by Crippen LogP contribution is -2.53. The van der Waals surface area contributed by atoms with Gasteiger partial charge in [-0.05, 0) is 54.9 Å². The summed E-state index contributed by atoms with van der Waals surface area (Å²) in [4.78, 5) is 15.4. The molecule has 0 spiro atoms. The molecule has 2 aromatic carbocycles. The van der Waals surface area contributed by atoms with Crippen LogP contribution in [-0.4, -0.2) is 50.9 Å². The second-order valence-electron chi connectivity index (χ2n) is 10.2. The highest BCUT2D eigenvalue weighted by Crippen LogP contribution is 2.55. The van der Waals surface area contributed by atoms with Crippen LogP contribution in [0.1, 0.15) is 24.8 Å². The monoisotopic (exact) mass is 542 g/mol. The Morgan fingerprint density at radius 1 is 1.14 bits per heavy atom. The number of aliphatic hydroxyl groups excluding tert-OH is 1. The Labute approximate surface area is 215 Å². The number of hydrogen-bond donors (Lipinski definition) is 3. The van der Waals surface area contributed by atoms with Crippen LogP contribution in [0, 0.1) is 17.8 Å². The molecular formula is C25H26N4O6S2. The van der Waals surface area contributed by atoms with E-state index in [1.54, 1.807) is 4.90 Å². The number of fused-ring (bicyclic) bond motifs is 6. The van der Waals surface area contributed by atoms with Crippen LogP contribution >= 0.6 is 0 Å². The van der Waals surface area contributed by atoms with Gasteiger partial charge in [0.2, 0.25) is 10.0 Å². The van der Waals surface area contributed by atoms with Crippen molar-refractivity contribution in [2.45, 2.75) is 36.7 Å². The number of carbonyl (C=O) groups excluding carboxylic acids is 1. The molecule has 37 heavy (non-hydrogen) atoms. The molecule has 4 atom stereocenters. The van der Waals surface area contributed by atoms with E-state index in [1.165, 1.54) is 18.2 Å². The second kappa shape index (κ2) is 8.32. The van der Waals surface area contributed by atoms with Crippen molar-refractivity contribution in [3.63, 3.8) is 0 Å². The van der Waals surface area contributed by atoms with Gasteiger partial charge in [-0.25, -0.2) is 8.42 Å². The number of amidine groups is 1. The first kappa shape index (κ1) is 24.0. The fourth-order valence-corrected chi connectivity index (χ4v) is 8.08. The van der Waals surface area contributed by atoms with E-state index in [4.69, 9.17) is 0 Å². The lowest BCUT2D eigenvalue weighted by atomic mass is 9.77. The minimum Gasteiger partial charge on any atom is -0.511 e. The van der Waals surface area contributed by atoms with E-state index in [0.717, 1.165) is 31.1 Å². The summed E-state index contributed by atoms with van der Waals surface area (Å²) in [6.07, 6.45) is 3.83. The van der Waals surface area contributed by atoms with Gasteiger partial charge in [-0.15, -0.1) is 4.40 Å². The third kappa shape index (κ3) is 4.08. The van der Waals surface area contributed by atoms with Gasteiger partial charge >= 0.3 is 0 Å². The number of nitrogens with one attached hydrogen (secondary N) is 2. The fourth-order valence-electron chi connectivity index (χ4n) is 6.37. The van der Waals surface area contributed by atoms with Gasteiger partial charge in [0, 0.05) is 24.2 Å². The number of aliphatic hydroxyl groups is 1. The van der Waals surface area contributed by atoms with Crippen molar-refractivity contribution >= 4 is 43.2 Å². The molecule has 4 aliphatic rings. The number of carbonyl (C=O) groups is 1. The van der Waals surface area contributed by atoms with Crippen LogP contribution in [0.4, 0.5) is 11.4 Å². The largest absolute Gasteiger partial charge is 0.511 e. The van der Waals surface area contributed by atoms with Crippen molar-refractivity contribution < 1.29 is 26.7 Å². The molecule has 12 heteroatoms. The molecule has 1 amide bonds. The molecule has 2 aliphatic heterocycles. The average molecular weight is 543 g/mol. The molecule has 6 rings (SSSR count). The van der Waals surface area contributed by atoms with Crippen molar-refractivity contribution in [3.8, 4) is 0 Å². The molecule has 2 aliphatic carbocycles. The maximum atomic E-state index is 13.9. The molecule has 0 unspecified atom stereocenters. The van der Waals surface area contributed by atoms with Crippen LogP contribution in [-0.2, 0) is 31.4 Å². The number of rotatable bonds is 5. The first-order chi connectivity index (χ1) is 17.5. The van der Waals surface area contributed by atoms with Gasteiger partial charge in [-0.3, -0.25) is 9.52 Å². The summed E-state index contributed by atoms with van der Waals surface area (Å²) in [6.45, 7) is 0.345. The Hall–Kier alpha value is -3.38. The minimum atomic E-state index is -4.30. The normalized spacial score (nSPS) is 27.9. The summed E-state index contributed by atoms with van der Waals surface area (Å²) < 4.78 is 55.6. The predicted octanol–water partition coefficient (Wildman–Crippen LogP) is 2.84. The smallest absolute Gasteiger partial charge is 0.286 e. The number of sulfonamides is 2. The maximum Gasteiger partial charge on any atom is 0.286 e. The molecule has 2 aromatic rings. The first-order valence-electron chi connectivity index (χ1n) is 12.0. The van der Waals surface area contributed by atoms with E-state index >= 15 is 0 Å². The SMILES string of the molecule is CS(=O)(=O)Nc1ccc2c(c1)S(=O)(=O)N=C(C1=C(O)[C@@H]3[C@@H]4CC[C@H](C4)[C@@H]3N(Cc3ccccc3)C1=O)N2. The Bertz CT molecular complexity index is 1580. The van der Waals surface area contributed by atoms with Crippen LogP contribution in [0.15, 0.2) is 69.2 Å². The molecule has 3 N–H and O–H groups in total.